The van der Waals surface area contributed by atoms with E-state index < -0.39 is 35.9 Å². The van der Waals surface area contributed by atoms with Gasteiger partial charge in [0.2, 0.25) is 0 Å². The van der Waals surface area contributed by atoms with Crippen LogP contribution in [0.4, 0.5) is 4.79 Å². The Morgan fingerprint density at radius 1 is 1.28 bits per heavy atom. The number of piperidine rings is 1. The molecule has 4 aliphatic rings. The van der Waals surface area contributed by atoms with E-state index in [2.05, 4.69) is 0 Å². The number of hydrogen-bond donors (Lipinski definition) is 0. The highest BCUT2D eigenvalue weighted by Gasteiger charge is 2.61. The van der Waals surface area contributed by atoms with Gasteiger partial charge in [0.1, 0.15) is 0 Å². The van der Waals surface area contributed by atoms with Crippen molar-refractivity contribution in [3.63, 3.8) is 0 Å². The Hall–Kier alpha value is -1.85. The molecule has 96 valence electrons. The van der Waals surface area contributed by atoms with E-state index in [1.54, 1.807) is 6.08 Å². The second kappa shape index (κ2) is 3.57. The molecule has 2 fully saturated rings. The molecule has 2 saturated heterocycles. The molecule has 0 N–H and O–H groups in total. The van der Waals surface area contributed by atoms with Crippen LogP contribution in [-0.2, 0) is 19.1 Å². The van der Waals surface area contributed by atoms with Gasteiger partial charge in [0.15, 0.2) is 0 Å². The topological polar surface area (TPSA) is 72.9 Å². The lowest BCUT2D eigenvalue weighted by Crippen LogP contribution is -2.62. The fraction of sp³-hybridized carbons (Fsp3) is 0.583. The third kappa shape index (κ3) is 1.20. The van der Waals surface area contributed by atoms with Gasteiger partial charge < -0.3 is 9.47 Å². The summed E-state index contributed by atoms with van der Waals surface area (Å²) in [6.45, 7) is 1.85. The number of methoxy groups -OCH3 is 1. The smallest absolute Gasteiger partial charge is 0.410 e. The summed E-state index contributed by atoms with van der Waals surface area (Å²) >= 11 is 0. The minimum atomic E-state index is -0.581. The molecular formula is C12H13NO5. The predicted octanol–water partition coefficient (Wildman–Crippen LogP) is 0.327. The van der Waals surface area contributed by atoms with Crippen molar-refractivity contribution in [2.24, 2.45) is 17.8 Å². The lowest BCUT2D eigenvalue weighted by Gasteiger charge is -2.49. The number of fused-ring (bicyclic) bond motifs is 1. The van der Waals surface area contributed by atoms with Gasteiger partial charge in [-0.3, -0.25) is 14.5 Å². The van der Waals surface area contributed by atoms with Gasteiger partial charge in [-0.25, -0.2) is 4.79 Å². The minimum absolute atomic E-state index is 0.174. The summed E-state index contributed by atoms with van der Waals surface area (Å²) < 4.78 is 9.44. The Bertz CT molecular complexity index is 471. The summed E-state index contributed by atoms with van der Waals surface area (Å²) in [6, 6.07) is -0.617. The van der Waals surface area contributed by atoms with Crippen molar-refractivity contribution in [1.29, 1.82) is 0 Å². The van der Waals surface area contributed by atoms with E-state index >= 15 is 0 Å². The normalized spacial score (nSPS) is 40.8. The maximum atomic E-state index is 11.8. The Balaban J connectivity index is 2.03. The number of rotatable bonds is 0. The van der Waals surface area contributed by atoms with Crippen LogP contribution in [0.1, 0.15) is 6.92 Å². The number of carbonyl (C=O) groups is 3. The molecule has 0 aromatic carbocycles. The molecule has 0 aromatic heterocycles. The van der Waals surface area contributed by atoms with Gasteiger partial charge in [-0.05, 0) is 6.92 Å². The molecule has 18 heavy (non-hydrogen) atoms. The number of cyclic esters (lactones) is 2. The maximum Gasteiger partial charge on any atom is 0.410 e. The molecule has 0 aromatic rings. The van der Waals surface area contributed by atoms with Crippen molar-refractivity contribution in [2.45, 2.75) is 19.0 Å². The fourth-order valence-corrected chi connectivity index (χ4v) is 3.34. The van der Waals surface area contributed by atoms with E-state index in [0.717, 1.165) is 0 Å². The van der Waals surface area contributed by atoms with Crippen molar-refractivity contribution in [3.8, 4) is 0 Å². The van der Waals surface area contributed by atoms with Crippen LogP contribution in [0.15, 0.2) is 12.2 Å². The standard InChI is InChI=1S/C12H13NO5/c1-5-6-3-4-7(13(5)12(16)17-2)9-8(6)10(14)18-11(9)15/h3-9H,1-2H3/t5?,6-,7-,8-,9+/m0/s1. The van der Waals surface area contributed by atoms with Crippen molar-refractivity contribution >= 4 is 18.0 Å². The van der Waals surface area contributed by atoms with Gasteiger partial charge in [0.05, 0.1) is 25.0 Å². The van der Waals surface area contributed by atoms with Crippen molar-refractivity contribution in [1.82, 2.24) is 4.90 Å². The highest BCUT2D eigenvalue weighted by atomic mass is 16.6. The third-order valence-electron chi connectivity index (χ3n) is 4.15. The Morgan fingerprint density at radius 2 is 1.94 bits per heavy atom. The number of esters is 2. The Morgan fingerprint density at radius 3 is 2.61 bits per heavy atom. The van der Waals surface area contributed by atoms with Crippen LogP contribution in [0.2, 0.25) is 0 Å². The number of hydrogen-bond acceptors (Lipinski definition) is 5. The molecule has 0 spiro atoms. The highest BCUT2D eigenvalue weighted by Crippen LogP contribution is 2.47. The van der Waals surface area contributed by atoms with Crippen molar-refractivity contribution in [2.75, 3.05) is 7.11 Å². The first-order valence-electron chi connectivity index (χ1n) is 5.86. The lowest BCUT2D eigenvalue weighted by atomic mass is 9.67. The Labute approximate surface area is 104 Å². The zero-order valence-corrected chi connectivity index (χ0v) is 10.0. The van der Waals surface area contributed by atoms with E-state index in [4.69, 9.17) is 9.47 Å². The van der Waals surface area contributed by atoms with E-state index in [-0.39, 0.29) is 12.0 Å². The van der Waals surface area contributed by atoms with E-state index in [1.165, 1.54) is 12.0 Å². The lowest BCUT2D eigenvalue weighted by molar-refractivity contribution is -0.153. The van der Waals surface area contributed by atoms with Gasteiger partial charge in [-0.1, -0.05) is 12.2 Å². The molecule has 1 amide bonds. The summed E-state index contributed by atoms with van der Waals surface area (Å²) in [4.78, 5) is 36.7. The summed E-state index contributed by atoms with van der Waals surface area (Å²) in [7, 11) is 1.30. The fourth-order valence-electron chi connectivity index (χ4n) is 3.34. The maximum absolute atomic E-state index is 11.8. The molecule has 3 aliphatic heterocycles. The average Bonchev–Trinajstić information content (AvgIpc) is 2.66. The first-order chi connectivity index (χ1) is 8.56. The third-order valence-corrected chi connectivity index (χ3v) is 4.15. The summed E-state index contributed by atoms with van der Waals surface area (Å²) in [5, 5.41) is 0. The second-order valence-electron chi connectivity index (χ2n) is 4.86. The van der Waals surface area contributed by atoms with Gasteiger partial charge in [0.25, 0.3) is 0 Å². The Kier molecular flexibility index (Phi) is 2.23. The first-order valence-corrected chi connectivity index (χ1v) is 5.86. The number of nitrogens with zero attached hydrogens (tertiary/aromatic N) is 1. The first kappa shape index (κ1) is 11.3. The monoisotopic (exact) mass is 251 g/mol. The summed E-state index contributed by atoms with van der Waals surface area (Å²) in [6.07, 6.45) is 3.21. The van der Waals surface area contributed by atoms with E-state index in [1.807, 2.05) is 13.0 Å². The van der Waals surface area contributed by atoms with E-state index in [9.17, 15) is 14.4 Å². The molecule has 0 saturated carbocycles. The average molecular weight is 251 g/mol. The van der Waals surface area contributed by atoms with Gasteiger partial charge >= 0.3 is 18.0 Å². The highest BCUT2D eigenvalue weighted by molar-refractivity contribution is 5.98. The largest absolute Gasteiger partial charge is 0.453 e. The van der Waals surface area contributed by atoms with Crippen LogP contribution in [-0.4, -0.2) is 42.1 Å². The van der Waals surface area contributed by atoms with Gasteiger partial charge in [-0.15, -0.1) is 0 Å². The van der Waals surface area contributed by atoms with Gasteiger partial charge in [-0.2, -0.15) is 0 Å². The van der Waals surface area contributed by atoms with Crippen LogP contribution in [0, 0.1) is 17.8 Å². The molecule has 6 heteroatoms. The van der Waals surface area contributed by atoms with Crippen LogP contribution >= 0.6 is 0 Å². The predicted molar refractivity (Wildman–Crippen MR) is 58.2 cm³/mol. The molecular weight excluding hydrogens is 238 g/mol. The minimum Gasteiger partial charge on any atom is -0.453 e. The number of amides is 1. The molecule has 6 nitrogen and oxygen atoms in total. The summed E-state index contributed by atoms with van der Waals surface area (Å²) in [5.41, 5.74) is 0. The van der Waals surface area contributed by atoms with Crippen LogP contribution in [0.25, 0.3) is 0 Å². The number of carbonyl (C=O) groups excluding carboxylic acids is 3. The molecule has 1 unspecified atom stereocenters. The van der Waals surface area contributed by atoms with Crippen molar-refractivity contribution < 1.29 is 23.9 Å². The molecule has 0 radical (unpaired) electrons. The number of ether oxygens (including phenoxy) is 2. The molecule has 2 bridgehead atoms. The molecule has 4 rings (SSSR count). The van der Waals surface area contributed by atoms with Gasteiger partial charge in [0, 0.05) is 12.0 Å². The van der Waals surface area contributed by atoms with Crippen LogP contribution < -0.4 is 0 Å². The summed E-state index contributed by atoms with van der Waals surface area (Å²) in [5.74, 6) is -2.23. The quantitative estimate of drug-likeness (QED) is 0.352. The molecule has 5 atom stereocenters. The van der Waals surface area contributed by atoms with Crippen molar-refractivity contribution in [3.05, 3.63) is 12.2 Å². The van der Waals surface area contributed by atoms with Crippen LogP contribution in [0.5, 0.6) is 0 Å². The van der Waals surface area contributed by atoms with Crippen LogP contribution in [0.3, 0.4) is 0 Å². The second-order valence-corrected chi connectivity index (χ2v) is 4.86. The van der Waals surface area contributed by atoms with E-state index in [0.29, 0.717) is 0 Å². The molecule has 1 aliphatic carbocycles. The molecule has 3 heterocycles. The zero-order chi connectivity index (χ0) is 13.0. The zero-order valence-electron chi connectivity index (χ0n) is 10.0. The SMILES string of the molecule is COC(=O)N1C(C)[C@@H]2C=C[C@H]1[C@H]1C(=O)OC(=O)[C@H]12.